The quantitative estimate of drug-likeness (QED) is 0.575. The number of carbonyl (C=O) groups is 3. The average Bonchev–Trinajstić information content (AvgIpc) is 2.91. The van der Waals surface area contributed by atoms with E-state index < -0.39 is 34.2 Å². The lowest BCUT2D eigenvalue weighted by atomic mass is 10.1. The van der Waals surface area contributed by atoms with Gasteiger partial charge in [0.05, 0.1) is 12.2 Å². The van der Waals surface area contributed by atoms with E-state index in [-0.39, 0.29) is 13.0 Å². The van der Waals surface area contributed by atoms with E-state index in [4.69, 9.17) is 32.7 Å². The van der Waals surface area contributed by atoms with Crippen molar-refractivity contribution in [3.63, 3.8) is 0 Å². The third-order valence-corrected chi connectivity index (χ3v) is 6.38. The van der Waals surface area contributed by atoms with E-state index in [2.05, 4.69) is 5.32 Å². The van der Waals surface area contributed by atoms with E-state index in [1.807, 2.05) is 6.92 Å². The predicted molar refractivity (Wildman–Crippen MR) is 96.5 cm³/mol. The number of ether oxygens (including phenoxy) is 2. The van der Waals surface area contributed by atoms with Gasteiger partial charge in [0.15, 0.2) is 6.61 Å². The fourth-order valence-corrected chi connectivity index (χ4v) is 3.99. The maximum Gasteiger partial charge on any atom is 0.341 e. The molecule has 1 saturated carbocycles. The maximum atomic E-state index is 12.1. The van der Waals surface area contributed by atoms with E-state index in [9.17, 15) is 14.4 Å². The molecule has 1 heterocycles. The molecule has 138 valence electrons. The largest absolute Gasteiger partial charge is 0.462 e. The van der Waals surface area contributed by atoms with Crippen LogP contribution < -0.4 is 5.32 Å². The highest BCUT2D eigenvalue weighted by molar-refractivity contribution is 7.16. The van der Waals surface area contributed by atoms with Crippen molar-refractivity contribution in [2.75, 3.05) is 18.5 Å². The van der Waals surface area contributed by atoms with Crippen LogP contribution in [0.5, 0.6) is 0 Å². The van der Waals surface area contributed by atoms with Crippen LogP contribution in [0.1, 0.15) is 41.1 Å². The zero-order valence-corrected chi connectivity index (χ0v) is 16.7. The Morgan fingerprint density at radius 3 is 2.36 bits per heavy atom. The smallest absolute Gasteiger partial charge is 0.341 e. The maximum absolute atomic E-state index is 12.1. The third kappa shape index (κ3) is 3.93. The van der Waals surface area contributed by atoms with Crippen LogP contribution in [0, 0.1) is 19.3 Å². The predicted octanol–water partition coefficient (Wildman–Crippen LogP) is 3.61. The summed E-state index contributed by atoms with van der Waals surface area (Å²) in [5.41, 5.74) is 0.0665. The van der Waals surface area contributed by atoms with Crippen molar-refractivity contribution in [2.45, 2.75) is 38.4 Å². The van der Waals surface area contributed by atoms with E-state index in [1.165, 1.54) is 11.3 Å². The van der Waals surface area contributed by atoms with Crippen molar-refractivity contribution in [2.24, 2.45) is 5.41 Å². The molecule has 1 N–H and O–H groups in total. The summed E-state index contributed by atoms with van der Waals surface area (Å²) in [5, 5.41) is 2.97. The van der Waals surface area contributed by atoms with Crippen molar-refractivity contribution in [1.82, 2.24) is 0 Å². The molecule has 1 aromatic rings. The molecule has 25 heavy (non-hydrogen) atoms. The molecule has 2 rings (SSSR count). The summed E-state index contributed by atoms with van der Waals surface area (Å²) >= 11 is 13.1. The minimum absolute atomic E-state index is 0.231. The second-order valence-corrected chi connectivity index (χ2v) is 8.75. The number of anilines is 1. The fourth-order valence-electron chi connectivity index (χ4n) is 2.24. The average molecular weight is 408 g/mol. The highest BCUT2D eigenvalue weighted by Crippen LogP contribution is 2.64. The topological polar surface area (TPSA) is 81.7 Å². The first-order valence-electron chi connectivity index (χ1n) is 7.65. The SMILES string of the molecule is CCOC(=O)c1c(NC(=O)COC(=O)[C@]2(C)CC2(Cl)Cl)sc(C)c1C. The molecule has 0 spiro atoms. The summed E-state index contributed by atoms with van der Waals surface area (Å²) in [6.45, 7) is 6.65. The van der Waals surface area contributed by atoms with Crippen LogP contribution in [0.2, 0.25) is 0 Å². The minimum Gasteiger partial charge on any atom is -0.462 e. The number of thiophene rings is 1. The van der Waals surface area contributed by atoms with Gasteiger partial charge in [-0.3, -0.25) is 9.59 Å². The first-order chi connectivity index (χ1) is 11.5. The zero-order chi connectivity index (χ0) is 19.0. The third-order valence-electron chi connectivity index (χ3n) is 4.16. The molecule has 1 atom stereocenters. The normalized spacial score (nSPS) is 20.7. The van der Waals surface area contributed by atoms with Crippen LogP contribution >= 0.6 is 34.5 Å². The summed E-state index contributed by atoms with van der Waals surface area (Å²) in [4.78, 5) is 37.0. The molecule has 1 aromatic heterocycles. The van der Waals surface area contributed by atoms with Gasteiger partial charge in [0.25, 0.3) is 5.91 Å². The van der Waals surface area contributed by atoms with Gasteiger partial charge in [-0.2, -0.15) is 0 Å². The molecule has 9 heteroatoms. The van der Waals surface area contributed by atoms with Crippen LogP contribution in [0.4, 0.5) is 5.00 Å². The molecule has 0 radical (unpaired) electrons. The molecule has 1 aliphatic carbocycles. The number of carbonyl (C=O) groups excluding carboxylic acids is 3. The van der Waals surface area contributed by atoms with E-state index in [0.29, 0.717) is 10.6 Å². The van der Waals surface area contributed by atoms with Crippen LogP contribution in [-0.2, 0) is 19.1 Å². The highest BCUT2D eigenvalue weighted by Gasteiger charge is 2.69. The van der Waals surface area contributed by atoms with Crippen LogP contribution in [0.15, 0.2) is 0 Å². The summed E-state index contributed by atoms with van der Waals surface area (Å²) < 4.78 is 8.86. The minimum atomic E-state index is -1.15. The lowest BCUT2D eigenvalue weighted by Crippen LogP contribution is -2.27. The van der Waals surface area contributed by atoms with Crippen molar-refractivity contribution >= 4 is 57.4 Å². The van der Waals surface area contributed by atoms with Crippen LogP contribution in [0.25, 0.3) is 0 Å². The fraction of sp³-hybridized carbons (Fsp3) is 0.562. The Labute approximate surface area is 159 Å². The number of amides is 1. The first kappa shape index (κ1) is 20.0. The Hall–Kier alpha value is -1.31. The number of aryl methyl sites for hydroxylation is 1. The van der Waals surface area contributed by atoms with Crippen molar-refractivity contribution in [1.29, 1.82) is 0 Å². The number of esters is 2. The number of hydrogen-bond donors (Lipinski definition) is 1. The monoisotopic (exact) mass is 407 g/mol. The second kappa shape index (κ2) is 7.13. The Morgan fingerprint density at radius 2 is 1.84 bits per heavy atom. The lowest BCUT2D eigenvalue weighted by molar-refractivity contribution is -0.152. The van der Waals surface area contributed by atoms with Crippen molar-refractivity contribution < 1.29 is 23.9 Å². The highest BCUT2D eigenvalue weighted by atomic mass is 35.5. The molecule has 1 aliphatic rings. The molecule has 1 fully saturated rings. The van der Waals surface area contributed by atoms with Gasteiger partial charge in [0.2, 0.25) is 0 Å². The summed E-state index contributed by atoms with van der Waals surface area (Å²) in [6, 6.07) is 0. The van der Waals surface area contributed by atoms with Gasteiger partial charge in [0.1, 0.15) is 14.7 Å². The molecule has 0 unspecified atom stereocenters. The van der Waals surface area contributed by atoms with E-state index >= 15 is 0 Å². The van der Waals surface area contributed by atoms with Crippen molar-refractivity contribution in [3.05, 3.63) is 16.0 Å². The Balaban J connectivity index is 2.00. The molecule has 0 bridgehead atoms. The number of hydrogen-bond acceptors (Lipinski definition) is 6. The van der Waals surface area contributed by atoms with Gasteiger partial charge >= 0.3 is 11.9 Å². The van der Waals surface area contributed by atoms with Crippen LogP contribution in [0.3, 0.4) is 0 Å². The van der Waals surface area contributed by atoms with Gasteiger partial charge in [-0.1, -0.05) is 0 Å². The molecule has 0 aromatic carbocycles. The number of alkyl halides is 2. The van der Waals surface area contributed by atoms with Gasteiger partial charge < -0.3 is 14.8 Å². The molecule has 0 aliphatic heterocycles. The molecular formula is C16H19Cl2NO5S. The van der Waals surface area contributed by atoms with Crippen LogP contribution in [-0.4, -0.2) is 35.4 Å². The summed E-state index contributed by atoms with van der Waals surface area (Å²) in [6.07, 6.45) is 0.278. The molecule has 6 nitrogen and oxygen atoms in total. The first-order valence-corrected chi connectivity index (χ1v) is 9.22. The van der Waals surface area contributed by atoms with E-state index in [1.54, 1.807) is 20.8 Å². The Bertz CT molecular complexity index is 730. The lowest BCUT2D eigenvalue weighted by Gasteiger charge is -2.12. The Kier molecular flexibility index (Phi) is 5.71. The number of nitrogens with one attached hydrogen (secondary N) is 1. The van der Waals surface area contributed by atoms with Crippen molar-refractivity contribution in [3.8, 4) is 0 Å². The molecular weight excluding hydrogens is 389 g/mol. The standard InChI is InChI=1S/C16H19Cl2NO5S/c1-5-23-13(21)11-8(2)9(3)25-12(11)19-10(20)6-24-14(22)15(4)7-16(15,17)18/h5-7H2,1-4H3,(H,19,20)/t15-/m0/s1. The Morgan fingerprint density at radius 1 is 1.24 bits per heavy atom. The van der Waals surface area contributed by atoms with E-state index in [0.717, 1.165) is 10.4 Å². The number of rotatable bonds is 6. The second-order valence-electron chi connectivity index (χ2n) is 6.05. The van der Waals surface area contributed by atoms with Gasteiger partial charge in [-0.25, -0.2) is 4.79 Å². The zero-order valence-electron chi connectivity index (χ0n) is 14.3. The number of halogens is 2. The van der Waals surface area contributed by atoms with Gasteiger partial charge in [-0.15, -0.1) is 34.5 Å². The summed E-state index contributed by atoms with van der Waals surface area (Å²) in [5.74, 6) is -1.69. The summed E-state index contributed by atoms with van der Waals surface area (Å²) in [7, 11) is 0. The molecule has 0 saturated heterocycles. The van der Waals surface area contributed by atoms with Gasteiger partial charge in [-0.05, 0) is 33.3 Å². The molecule has 1 amide bonds. The van der Waals surface area contributed by atoms with Gasteiger partial charge in [0, 0.05) is 11.3 Å².